The highest BCUT2D eigenvalue weighted by Crippen LogP contribution is 2.41. The zero-order valence-electron chi connectivity index (χ0n) is 11.2. The van der Waals surface area contributed by atoms with Crippen LogP contribution < -0.4 is 9.47 Å². The number of hydrogen-bond donors (Lipinski definition) is 1. The fourth-order valence-electron chi connectivity index (χ4n) is 1.91. The van der Waals surface area contributed by atoms with Crippen LogP contribution in [0.25, 0.3) is 11.3 Å². The van der Waals surface area contributed by atoms with Gasteiger partial charge in [-0.2, -0.15) is 5.10 Å². The third kappa shape index (κ3) is 2.30. The minimum Gasteiger partial charge on any atom is -0.496 e. The van der Waals surface area contributed by atoms with Crippen molar-refractivity contribution in [3.63, 3.8) is 0 Å². The molecule has 0 spiro atoms. The summed E-state index contributed by atoms with van der Waals surface area (Å²) in [6.07, 6.45) is 0. The van der Waals surface area contributed by atoms with Gasteiger partial charge in [0.15, 0.2) is 5.69 Å². The van der Waals surface area contributed by atoms with Crippen molar-refractivity contribution >= 4 is 17.6 Å². The highest BCUT2D eigenvalue weighted by molar-refractivity contribution is 6.35. The van der Waals surface area contributed by atoms with Crippen molar-refractivity contribution < 1.29 is 19.4 Å². The van der Waals surface area contributed by atoms with Crippen LogP contribution in [0.2, 0.25) is 5.02 Å². The Morgan fingerprint density at radius 1 is 1.30 bits per heavy atom. The third-order valence-electron chi connectivity index (χ3n) is 2.86. The third-order valence-corrected chi connectivity index (χ3v) is 3.24. The first-order valence-corrected chi connectivity index (χ1v) is 6.05. The molecule has 1 aromatic heterocycles. The highest BCUT2D eigenvalue weighted by atomic mass is 35.5. The van der Waals surface area contributed by atoms with Crippen LogP contribution in [0.15, 0.2) is 18.2 Å². The molecule has 0 atom stereocenters. The molecule has 0 saturated carbocycles. The summed E-state index contributed by atoms with van der Waals surface area (Å²) in [7, 11) is 4.65. The van der Waals surface area contributed by atoms with Crippen LogP contribution in [-0.2, 0) is 7.05 Å². The van der Waals surface area contributed by atoms with Gasteiger partial charge in [0.25, 0.3) is 0 Å². The van der Waals surface area contributed by atoms with E-state index in [1.165, 1.54) is 25.0 Å². The molecule has 20 heavy (non-hydrogen) atoms. The number of aryl methyl sites for hydroxylation is 1. The van der Waals surface area contributed by atoms with Gasteiger partial charge in [-0.3, -0.25) is 4.68 Å². The van der Waals surface area contributed by atoms with Gasteiger partial charge >= 0.3 is 5.97 Å². The lowest BCUT2D eigenvalue weighted by Gasteiger charge is -2.13. The Hall–Kier alpha value is -2.21. The van der Waals surface area contributed by atoms with Gasteiger partial charge in [0.05, 0.1) is 30.5 Å². The Morgan fingerprint density at radius 3 is 2.40 bits per heavy atom. The van der Waals surface area contributed by atoms with E-state index in [9.17, 15) is 4.79 Å². The van der Waals surface area contributed by atoms with E-state index in [1.807, 2.05) is 0 Å². The molecule has 0 aliphatic heterocycles. The maximum atomic E-state index is 11.0. The Kier molecular flexibility index (Phi) is 3.85. The van der Waals surface area contributed by atoms with Crippen molar-refractivity contribution in [2.45, 2.75) is 0 Å². The molecule has 0 aliphatic rings. The largest absolute Gasteiger partial charge is 0.496 e. The number of nitrogens with zero attached hydrogens (tertiary/aromatic N) is 2. The maximum Gasteiger partial charge on any atom is 0.356 e. The number of carboxylic acids is 1. The van der Waals surface area contributed by atoms with Crippen LogP contribution in [0.1, 0.15) is 10.5 Å². The first kappa shape index (κ1) is 14.2. The second kappa shape index (κ2) is 5.42. The maximum absolute atomic E-state index is 11.0. The normalized spacial score (nSPS) is 10.4. The van der Waals surface area contributed by atoms with E-state index in [0.29, 0.717) is 27.8 Å². The predicted molar refractivity (Wildman–Crippen MR) is 73.7 cm³/mol. The Labute approximate surface area is 120 Å². The minimum atomic E-state index is -1.11. The number of carboxylic acid groups (broad SMARTS) is 1. The van der Waals surface area contributed by atoms with Crippen LogP contribution in [0, 0.1) is 0 Å². The van der Waals surface area contributed by atoms with Crippen LogP contribution in [0.5, 0.6) is 11.5 Å². The summed E-state index contributed by atoms with van der Waals surface area (Å²) in [5.41, 5.74) is 1.00. The van der Waals surface area contributed by atoms with Crippen molar-refractivity contribution in [2.75, 3.05) is 14.2 Å². The second-order valence-corrected chi connectivity index (χ2v) is 4.38. The molecule has 0 radical (unpaired) electrons. The number of halogens is 1. The molecule has 0 unspecified atom stereocenters. The molecule has 1 heterocycles. The molecule has 2 aromatic rings. The van der Waals surface area contributed by atoms with E-state index >= 15 is 0 Å². The van der Waals surface area contributed by atoms with Crippen molar-refractivity contribution in [3.8, 4) is 22.8 Å². The molecule has 1 N–H and O–H groups in total. The Bertz CT molecular complexity index is 667. The molecule has 106 valence electrons. The summed E-state index contributed by atoms with van der Waals surface area (Å²) in [5.74, 6) is -0.124. The summed E-state index contributed by atoms with van der Waals surface area (Å²) >= 11 is 6.29. The molecule has 0 bridgehead atoms. The summed E-state index contributed by atoms with van der Waals surface area (Å²) in [6.45, 7) is 0. The van der Waals surface area contributed by atoms with Crippen molar-refractivity contribution in [3.05, 3.63) is 28.9 Å². The summed E-state index contributed by atoms with van der Waals surface area (Å²) in [5, 5.41) is 13.3. The summed E-state index contributed by atoms with van der Waals surface area (Å²) < 4.78 is 11.9. The fraction of sp³-hybridized carbons (Fsp3) is 0.231. The zero-order chi connectivity index (χ0) is 14.9. The lowest BCUT2D eigenvalue weighted by Crippen LogP contribution is -2.00. The number of methoxy groups -OCH3 is 2. The first-order chi connectivity index (χ1) is 9.49. The monoisotopic (exact) mass is 296 g/mol. The second-order valence-electron chi connectivity index (χ2n) is 4.00. The molecular weight excluding hydrogens is 284 g/mol. The summed E-state index contributed by atoms with van der Waals surface area (Å²) in [6, 6.07) is 4.82. The van der Waals surface area contributed by atoms with Crippen molar-refractivity contribution in [1.29, 1.82) is 0 Å². The van der Waals surface area contributed by atoms with Crippen LogP contribution in [0.4, 0.5) is 0 Å². The van der Waals surface area contributed by atoms with E-state index in [2.05, 4.69) is 5.10 Å². The standard InChI is InChI=1S/C13H13ClN2O4/c1-16-8(6-7(15-16)13(17)18)11-9(19-2)4-5-10(20-3)12(11)14/h4-6H,1-3H3,(H,17,18). The summed E-state index contributed by atoms with van der Waals surface area (Å²) in [4.78, 5) is 11.0. The van der Waals surface area contributed by atoms with E-state index in [1.54, 1.807) is 19.2 Å². The number of aromatic carboxylic acids is 1. The van der Waals surface area contributed by atoms with Crippen LogP contribution >= 0.6 is 11.6 Å². The van der Waals surface area contributed by atoms with Gasteiger partial charge in [-0.15, -0.1) is 0 Å². The molecule has 6 nitrogen and oxygen atoms in total. The number of rotatable bonds is 4. The van der Waals surface area contributed by atoms with E-state index in [-0.39, 0.29) is 5.69 Å². The van der Waals surface area contributed by atoms with Gasteiger partial charge in [-0.05, 0) is 18.2 Å². The van der Waals surface area contributed by atoms with Gasteiger partial charge in [-0.1, -0.05) is 11.6 Å². The smallest absolute Gasteiger partial charge is 0.356 e. The van der Waals surface area contributed by atoms with Gasteiger partial charge in [0.2, 0.25) is 0 Å². The van der Waals surface area contributed by atoms with E-state index in [0.717, 1.165) is 0 Å². The molecular formula is C13H13ClN2O4. The van der Waals surface area contributed by atoms with Gasteiger partial charge in [-0.25, -0.2) is 4.79 Å². The average molecular weight is 297 g/mol. The van der Waals surface area contributed by atoms with E-state index < -0.39 is 5.97 Å². The van der Waals surface area contributed by atoms with Gasteiger partial charge in [0.1, 0.15) is 11.5 Å². The molecule has 1 aromatic carbocycles. The molecule has 7 heteroatoms. The molecule has 0 aliphatic carbocycles. The highest BCUT2D eigenvalue weighted by Gasteiger charge is 2.20. The molecule has 2 rings (SSSR count). The molecule has 0 fully saturated rings. The van der Waals surface area contributed by atoms with Crippen molar-refractivity contribution in [1.82, 2.24) is 9.78 Å². The molecule has 0 amide bonds. The predicted octanol–water partition coefficient (Wildman–Crippen LogP) is 2.46. The lowest BCUT2D eigenvalue weighted by molar-refractivity contribution is 0.0689. The van der Waals surface area contributed by atoms with Crippen LogP contribution in [-0.4, -0.2) is 35.1 Å². The lowest BCUT2D eigenvalue weighted by atomic mass is 10.1. The van der Waals surface area contributed by atoms with Gasteiger partial charge in [0, 0.05) is 7.05 Å². The number of ether oxygens (including phenoxy) is 2. The number of hydrogen-bond acceptors (Lipinski definition) is 4. The molecule has 0 saturated heterocycles. The average Bonchev–Trinajstić information content (AvgIpc) is 2.80. The Balaban J connectivity index is 2.70. The number of benzene rings is 1. The topological polar surface area (TPSA) is 73.6 Å². The quantitative estimate of drug-likeness (QED) is 0.938. The zero-order valence-corrected chi connectivity index (χ0v) is 11.9. The minimum absolute atomic E-state index is 0.0663. The number of carbonyl (C=O) groups is 1. The number of aromatic nitrogens is 2. The van der Waals surface area contributed by atoms with Crippen LogP contribution in [0.3, 0.4) is 0 Å². The first-order valence-electron chi connectivity index (χ1n) is 5.67. The SMILES string of the molecule is COc1ccc(OC)c(-c2cc(C(=O)O)nn2C)c1Cl. The Morgan fingerprint density at radius 2 is 1.90 bits per heavy atom. The van der Waals surface area contributed by atoms with E-state index in [4.69, 9.17) is 26.2 Å². The van der Waals surface area contributed by atoms with Crippen molar-refractivity contribution in [2.24, 2.45) is 7.05 Å². The fourth-order valence-corrected chi connectivity index (χ4v) is 2.24. The van der Waals surface area contributed by atoms with Gasteiger partial charge < -0.3 is 14.6 Å².